The van der Waals surface area contributed by atoms with E-state index in [1.54, 1.807) is 0 Å². The van der Waals surface area contributed by atoms with Crippen LogP contribution in [0, 0.1) is 13.8 Å². The van der Waals surface area contributed by atoms with E-state index in [4.69, 9.17) is 22.2 Å². The average molecular weight is 445 g/mol. The van der Waals surface area contributed by atoms with E-state index in [2.05, 4.69) is 65.8 Å². The number of likely N-dealkylation sites (N-methyl/N-ethyl adjacent to an activating group) is 1. The van der Waals surface area contributed by atoms with Crippen LogP contribution < -0.4 is 10.6 Å². The number of aromatic nitrogens is 3. The molecule has 0 saturated carbocycles. The van der Waals surface area contributed by atoms with E-state index in [-0.39, 0.29) is 0 Å². The highest BCUT2D eigenvalue weighted by atomic mass is 32.1. The Morgan fingerprint density at radius 1 is 1.12 bits per heavy atom. The van der Waals surface area contributed by atoms with Crippen LogP contribution >= 0.6 is 12.2 Å². The predicted octanol–water partition coefficient (Wildman–Crippen LogP) is 4.61. The van der Waals surface area contributed by atoms with Gasteiger partial charge in [0, 0.05) is 47.6 Å². The van der Waals surface area contributed by atoms with Gasteiger partial charge in [0.2, 0.25) is 5.95 Å². The molecule has 1 unspecified atom stereocenters. The van der Waals surface area contributed by atoms with Crippen molar-refractivity contribution >= 4 is 34.5 Å². The molecule has 2 N–H and O–H groups in total. The van der Waals surface area contributed by atoms with Crippen molar-refractivity contribution in [3.63, 3.8) is 0 Å². The molecule has 0 fully saturated rings. The van der Waals surface area contributed by atoms with Gasteiger partial charge >= 0.3 is 0 Å². The number of nitrogens with zero attached hydrogens (tertiary/aromatic N) is 4. The summed E-state index contributed by atoms with van der Waals surface area (Å²) in [5, 5.41) is 6.80. The van der Waals surface area contributed by atoms with Crippen molar-refractivity contribution in [1.29, 1.82) is 0 Å². The lowest BCUT2D eigenvalue weighted by atomic mass is 9.91. The number of fused-ring (bicyclic) bond motifs is 4. The van der Waals surface area contributed by atoms with Crippen LogP contribution in [0.4, 0.5) is 17.3 Å². The maximum atomic E-state index is 5.53. The summed E-state index contributed by atoms with van der Waals surface area (Å²) in [5.41, 5.74) is 9.66. The van der Waals surface area contributed by atoms with Gasteiger partial charge in [-0.2, -0.15) is 0 Å². The third-order valence-corrected chi connectivity index (χ3v) is 6.70. The zero-order chi connectivity index (χ0) is 22.4. The number of thiocarbonyl (C=S) groups is 1. The topological polar surface area (TPSA) is 66.0 Å². The molecule has 5 rings (SSSR count). The highest BCUT2D eigenvalue weighted by molar-refractivity contribution is 7.80. The van der Waals surface area contributed by atoms with Crippen LogP contribution in [0.2, 0.25) is 0 Å². The predicted molar refractivity (Wildman–Crippen MR) is 134 cm³/mol. The molecule has 0 bridgehead atoms. The normalized spacial score (nSPS) is 17.2. The monoisotopic (exact) mass is 444 g/mol. The van der Waals surface area contributed by atoms with Crippen LogP contribution in [0.5, 0.6) is 0 Å². The first kappa shape index (κ1) is 21.0. The van der Waals surface area contributed by atoms with E-state index in [0.29, 0.717) is 18.4 Å². The fraction of sp³-hybridized carbons (Fsp3) is 0.360. The summed E-state index contributed by atoms with van der Waals surface area (Å²) in [4.78, 5) is 17.5. The summed E-state index contributed by atoms with van der Waals surface area (Å²) in [5.74, 6) is 0.579. The van der Waals surface area contributed by atoms with Crippen molar-refractivity contribution in [3.8, 4) is 11.3 Å². The number of nitrogens with one attached hydrogen (secondary N) is 2. The molecule has 1 aromatic carbocycles. The molecule has 1 aliphatic carbocycles. The van der Waals surface area contributed by atoms with Gasteiger partial charge in [-0.05, 0) is 64.0 Å². The van der Waals surface area contributed by atoms with Gasteiger partial charge in [0.15, 0.2) is 0 Å². The number of hydrogen-bond donors (Lipinski definition) is 2. The fourth-order valence-corrected chi connectivity index (χ4v) is 4.86. The summed E-state index contributed by atoms with van der Waals surface area (Å²) < 4.78 is 0. The van der Waals surface area contributed by atoms with Crippen LogP contribution in [0.1, 0.15) is 34.5 Å². The Morgan fingerprint density at radius 3 is 2.78 bits per heavy atom. The van der Waals surface area contributed by atoms with Crippen molar-refractivity contribution in [2.45, 2.75) is 45.6 Å². The molecular weight excluding hydrogens is 416 g/mol. The van der Waals surface area contributed by atoms with Gasteiger partial charge in [0.1, 0.15) is 0 Å². The summed E-state index contributed by atoms with van der Waals surface area (Å²) in [6, 6.07) is 9.11. The highest BCUT2D eigenvalue weighted by Crippen LogP contribution is 2.34. The molecule has 0 radical (unpaired) electrons. The van der Waals surface area contributed by atoms with Crippen LogP contribution in [-0.4, -0.2) is 45.0 Å². The van der Waals surface area contributed by atoms with E-state index in [1.807, 2.05) is 13.1 Å². The first-order chi connectivity index (χ1) is 15.4. The minimum absolute atomic E-state index is 0.560. The lowest BCUT2D eigenvalue weighted by Crippen LogP contribution is -2.34. The Hall–Kier alpha value is -2.90. The zero-order valence-electron chi connectivity index (χ0n) is 19.0. The van der Waals surface area contributed by atoms with Gasteiger partial charge < -0.3 is 15.5 Å². The molecule has 32 heavy (non-hydrogen) atoms. The van der Waals surface area contributed by atoms with Gasteiger partial charge in [0.25, 0.3) is 0 Å². The molecule has 0 spiro atoms. The molecule has 1 aliphatic heterocycles. The van der Waals surface area contributed by atoms with Crippen LogP contribution in [0.3, 0.4) is 0 Å². The number of hydrogen-bond acceptors (Lipinski definition) is 6. The van der Waals surface area contributed by atoms with E-state index < -0.39 is 0 Å². The minimum Gasteiger partial charge on any atom is -0.349 e. The van der Waals surface area contributed by atoms with E-state index in [0.717, 1.165) is 58.1 Å². The summed E-state index contributed by atoms with van der Waals surface area (Å²) >= 11 is 5.53. The number of pyridine rings is 1. The number of aryl methyl sites for hydroxylation is 3. The highest BCUT2D eigenvalue weighted by Gasteiger charge is 2.23. The van der Waals surface area contributed by atoms with Crippen molar-refractivity contribution in [1.82, 2.24) is 19.9 Å². The standard InChI is InChI=1S/C25H28N6S/c1-14-5-8-19-22(9-14)28-23(32)11-17-13-26-25(30-24(17)19)29-20-10-16-6-7-18(31(3)4)12-21(16)27-15(20)2/h5,8-10,13,18H,6-7,11-12H2,1-4H3,(H,28,32)(H,26,29,30). The molecule has 0 amide bonds. The molecule has 164 valence electrons. The quantitative estimate of drug-likeness (QED) is 0.572. The van der Waals surface area contributed by atoms with Crippen molar-refractivity contribution in [2.75, 3.05) is 24.7 Å². The molecule has 2 aliphatic rings. The molecule has 3 aromatic rings. The Morgan fingerprint density at radius 2 is 1.97 bits per heavy atom. The first-order valence-electron chi connectivity index (χ1n) is 11.1. The van der Waals surface area contributed by atoms with Gasteiger partial charge in [-0.25, -0.2) is 9.97 Å². The zero-order valence-corrected chi connectivity index (χ0v) is 19.8. The van der Waals surface area contributed by atoms with Gasteiger partial charge in [-0.3, -0.25) is 4.98 Å². The van der Waals surface area contributed by atoms with Crippen LogP contribution in [0.15, 0.2) is 30.5 Å². The Labute approximate surface area is 194 Å². The van der Waals surface area contributed by atoms with Crippen LogP contribution in [-0.2, 0) is 19.3 Å². The molecule has 7 heteroatoms. The molecule has 3 heterocycles. The summed E-state index contributed by atoms with van der Waals surface area (Å²) in [6.07, 6.45) is 5.72. The third-order valence-electron chi connectivity index (χ3n) is 6.45. The molecule has 2 aromatic heterocycles. The summed E-state index contributed by atoms with van der Waals surface area (Å²) in [7, 11) is 4.30. The van der Waals surface area contributed by atoms with Gasteiger partial charge in [-0.15, -0.1) is 0 Å². The second-order valence-electron chi connectivity index (χ2n) is 9.05. The lowest BCUT2D eigenvalue weighted by molar-refractivity contribution is 0.266. The maximum absolute atomic E-state index is 5.53. The van der Waals surface area contributed by atoms with Crippen molar-refractivity contribution in [3.05, 3.63) is 58.5 Å². The fourth-order valence-electron chi connectivity index (χ4n) is 4.59. The third kappa shape index (κ3) is 3.98. The molecule has 6 nitrogen and oxygen atoms in total. The van der Waals surface area contributed by atoms with Gasteiger partial charge in [0.05, 0.1) is 22.1 Å². The Bertz CT molecular complexity index is 1220. The minimum atomic E-state index is 0.560. The SMILES string of the molecule is Cc1ccc2c(c1)NC(=S)Cc1cnc(Nc3cc4c(nc3C)CC(N(C)C)CC4)nc1-2. The van der Waals surface area contributed by atoms with Crippen LogP contribution in [0.25, 0.3) is 11.3 Å². The Kier molecular flexibility index (Phi) is 5.39. The second kappa shape index (κ2) is 8.22. The van der Waals surface area contributed by atoms with E-state index in [1.165, 1.54) is 16.8 Å². The summed E-state index contributed by atoms with van der Waals surface area (Å²) in [6.45, 7) is 4.13. The second-order valence-corrected chi connectivity index (χ2v) is 9.55. The number of benzene rings is 1. The average Bonchev–Trinajstić information content (AvgIpc) is 2.88. The van der Waals surface area contributed by atoms with E-state index >= 15 is 0 Å². The lowest BCUT2D eigenvalue weighted by Gasteiger charge is -2.29. The molecular formula is C25H28N6S. The van der Waals surface area contributed by atoms with Crippen molar-refractivity contribution < 1.29 is 0 Å². The molecule has 1 atom stereocenters. The smallest absolute Gasteiger partial charge is 0.227 e. The first-order valence-corrected chi connectivity index (χ1v) is 11.5. The molecule has 0 saturated heterocycles. The Balaban J connectivity index is 1.48. The largest absolute Gasteiger partial charge is 0.349 e. The van der Waals surface area contributed by atoms with Crippen molar-refractivity contribution in [2.24, 2.45) is 0 Å². The maximum Gasteiger partial charge on any atom is 0.227 e. The van der Waals surface area contributed by atoms with E-state index in [9.17, 15) is 0 Å². The number of rotatable bonds is 3. The van der Waals surface area contributed by atoms with Gasteiger partial charge in [-0.1, -0.05) is 24.4 Å². The number of anilines is 3.